The van der Waals surface area contributed by atoms with Crippen LogP contribution < -0.4 is 48.7 Å². The third kappa shape index (κ3) is 16.3. The van der Waals surface area contributed by atoms with Gasteiger partial charge in [-0.3, -0.25) is 38.4 Å². The Labute approximate surface area is 486 Å². The van der Waals surface area contributed by atoms with Crippen LogP contribution in [0.5, 0.6) is 0 Å². The topological polar surface area (TPSA) is 349 Å². The largest absolute Gasteiger partial charge is 0.368 e. The van der Waals surface area contributed by atoms with Gasteiger partial charge in [0.1, 0.15) is 36.3 Å². The summed E-state index contributed by atoms with van der Waals surface area (Å²) in [6, 6.07) is 21.3. The minimum atomic E-state index is -1.29. The lowest BCUT2D eigenvalue weighted by atomic mass is 10.0. The van der Waals surface area contributed by atoms with Gasteiger partial charge in [0.15, 0.2) is 0 Å². The first kappa shape index (κ1) is 60.9. The van der Waals surface area contributed by atoms with Crippen LogP contribution in [-0.2, 0) is 70.5 Å². The number of para-hydroxylation sites is 1. The molecule has 8 rings (SSSR count). The zero-order chi connectivity index (χ0) is 59.9. The van der Waals surface area contributed by atoms with E-state index in [0.29, 0.717) is 42.8 Å². The van der Waals surface area contributed by atoms with Crippen molar-refractivity contribution in [2.24, 2.45) is 17.4 Å². The number of hydrogen-bond acceptors (Lipinski definition) is 12. The number of imidazole rings is 2. The number of hydrogen-bond donors (Lipinski definition) is 12. The summed E-state index contributed by atoms with van der Waals surface area (Å²) in [5, 5.41) is 22.7. The van der Waals surface area contributed by atoms with Crippen LogP contribution in [0.2, 0.25) is 0 Å². The fourth-order valence-corrected chi connectivity index (χ4v) is 10.4. The fraction of sp³-hybridized carbons (Fsp3) is 0.377. The highest BCUT2D eigenvalue weighted by atomic mass is 16.2. The number of nitrogens with one attached hydrogen (secondary N) is 10. The van der Waals surface area contributed by atoms with Gasteiger partial charge in [0.2, 0.25) is 47.3 Å². The van der Waals surface area contributed by atoms with Crippen LogP contribution in [0.3, 0.4) is 0 Å². The van der Waals surface area contributed by atoms with Crippen LogP contribution in [0.1, 0.15) is 68.6 Å². The number of aromatic amines is 3. The molecule has 0 unspecified atom stereocenters. The van der Waals surface area contributed by atoms with Crippen molar-refractivity contribution < 1.29 is 38.4 Å². The van der Waals surface area contributed by atoms with E-state index in [1.165, 1.54) is 32.7 Å². The molecule has 4 heterocycles. The molecule has 1 saturated heterocycles. The van der Waals surface area contributed by atoms with Gasteiger partial charge in [-0.1, -0.05) is 105 Å². The second-order valence-electron chi connectivity index (χ2n) is 21.9. The van der Waals surface area contributed by atoms with E-state index in [2.05, 4.69) is 62.1 Å². The minimum Gasteiger partial charge on any atom is -0.368 e. The molecule has 0 spiro atoms. The molecule has 23 heteroatoms. The molecule has 1 aliphatic rings. The second-order valence-corrected chi connectivity index (χ2v) is 21.9. The zero-order valence-electron chi connectivity index (χ0n) is 47.5. The Kier molecular flexibility index (Phi) is 20.8. The van der Waals surface area contributed by atoms with E-state index in [1.807, 2.05) is 97.1 Å². The molecule has 442 valence electrons. The third-order valence-electron chi connectivity index (χ3n) is 15.2. The van der Waals surface area contributed by atoms with E-state index in [9.17, 15) is 38.4 Å². The Morgan fingerprint density at radius 1 is 0.583 bits per heavy atom. The predicted molar refractivity (Wildman–Crippen MR) is 316 cm³/mol. The lowest BCUT2D eigenvalue weighted by molar-refractivity contribution is -0.138. The number of H-pyrrole nitrogens is 3. The highest BCUT2D eigenvalue weighted by Gasteiger charge is 2.37. The number of rotatable bonds is 28. The first-order valence-corrected chi connectivity index (χ1v) is 28.3. The van der Waals surface area contributed by atoms with Crippen molar-refractivity contribution in [3.05, 3.63) is 156 Å². The lowest BCUT2D eigenvalue weighted by Gasteiger charge is -2.31. The highest BCUT2D eigenvalue weighted by Crippen LogP contribution is 2.22. The number of nitrogens with zero attached hydrogens (tertiary/aromatic N) is 3. The van der Waals surface area contributed by atoms with Gasteiger partial charge in [-0.25, -0.2) is 9.97 Å². The maximum Gasteiger partial charge on any atom is 0.245 e. The summed E-state index contributed by atoms with van der Waals surface area (Å²) < 4.78 is 0. The Balaban J connectivity index is 0.904. The number of carbonyl (C=O) groups is 8. The van der Waals surface area contributed by atoms with Gasteiger partial charge in [0, 0.05) is 79.3 Å². The van der Waals surface area contributed by atoms with E-state index in [-0.39, 0.29) is 44.2 Å². The molecule has 84 heavy (non-hydrogen) atoms. The van der Waals surface area contributed by atoms with Crippen LogP contribution in [0.15, 0.2) is 128 Å². The number of carbonyl (C=O) groups excluding carboxylic acids is 8. The van der Waals surface area contributed by atoms with E-state index < -0.39 is 95.6 Å². The number of aromatic nitrogens is 5. The normalized spacial score (nSPS) is 16.1. The van der Waals surface area contributed by atoms with E-state index in [1.54, 1.807) is 31.1 Å². The molecular weight excluding hydrogens is 1070 g/mol. The zero-order valence-corrected chi connectivity index (χ0v) is 47.5. The van der Waals surface area contributed by atoms with E-state index >= 15 is 0 Å². The number of likely N-dealkylation sites (tertiary alicyclic amines) is 1. The molecule has 8 amide bonds. The van der Waals surface area contributed by atoms with Crippen molar-refractivity contribution in [3.63, 3.8) is 0 Å². The van der Waals surface area contributed by atoms with Gasteiger partial charge < -0.3 is 68.5 Å². The van der Waals surface area contributed by atoms with Crippen molar-refractivity contribution in [3.8, 4) is 0 Å². The van der Waals surface area contributed by atoms with Crippen molar-refractivity contribution in [2.45, 2.75) is 127 Å². The molecule has 1 aliphatic heterocycles. The average molecular weight is 1150 g/mol. The Bertz CT molecular complexity index is 3390. The van der Waals surface area contributed by atoms with Crippen LogP contribution in [0, 0.1) is 5.92 Å². The van der Waals surface area contributed by atoms with Crippen molar-refractivity contribution >= 4 is 68.9 Å². The number of amides is 8. The third-order valence-corrected chi connectivity index (χ3v) is 15.2. The van der Waals surface area contributed by atoms with Gasteiger partial charge in [0.05, 0.1) is 24.7 Å². The molecule has 4 aromatic carbocycles. The number of benzene rings is 4. The maximum absolute atomic E-state index is 14.5. The molecule has 9 atom stereocenters. The summed E-state index contributed by atoms with van der Waals surface area (Å²) in [6.07, 6.45) is 9.60. The summed E-state index contributed by atoms with van der Waals surface area (Å²) in [5.41, 5.74) is 16.6. The molecule has 1 fully saturated rings. The monoisotopic (exact) mass is 1150 g/mol. The summed E-state index contributed by atoms with van der Waals surface area (Å²) in [7, 11) is 0. The molecule has 0 saturated carbocycles. The SMILES string of the molecule is CC(C)[C@H](NC(=O)[C@H](C)NC(=O)[C@H](Cc1c[nH]c2ccccc12)NC(=O)[C@H](Cc1cnc[nH]1)NC(=O)[C@@H](N)Cc1ccc2ccccc2c1)C(=O)N[C@H](C)C(=O)N[C@@H](Cc1cnc[nH]1)C(=O)N1CCC[C@@H]1CN[C@@H](Cc1ccccc1)C(N)=O. The number of nitrogens with two attached hydrogens (primary N) is 2. The Morgan fingerprint density at radius 2 is 1.18 bits per heavy atom. The van der Waals surface area contributed by atoms with Gasteiger partial charge in [-0.05, 0) is 79.0 Å². The second kappa shape index (κ2) is 28.7. The molecule has 0 aliphatic carbocycles. The lowest BCUT2D eigenvalue weighted by Crippen LogP contribution is -2.60. The summed E-state index contributed by atoms with van der Waals surface area (Å²) >= 11 is 0. The smallest absolute Gasteiger partial charge is 0.245 e. The Hall–Kier alpha value is -9.22. The van der Waals surface area contributed by atoms with Crippen molar-refractivity contribution in [2.75, 3.05) is 13.1 Å². The van der Waals surface area contributed by atoms with Crippen molar-refractivity contribution in [1.82, 2.24) is 67.0 Å². The molecule has 14 N–H and O–H groups in total. The van der Waals surface area contributed by atoms with Gasteiger partial charge >= 0.3 is 0 Å². The first-order chi connectivity index (χ1) is 40.4. The van der Waals surface area contributed by atoms with Crippen LogP contribution in [0.4, 0.5) is 0 Å². The minimum absolute atomic E-state index is 0.0302. The number of primary amides is 1. The Morgan fingerprint density at radius 3 is 1.86 bits per heavy atom. The molecule has 0 radical (unpaired) electrons. The fourth-order valence-electron chi connectivity index (χ4n) is 10.4. The molecule has 0 bridgehead atoms. The van der Waals surface area contributed by atoms with E-state index in [0.717, 1.165) is 32.8 Å². The van der Waals surface area contributed by atoms with Crippen LogP contribution >= 0.6 is 0 Å². The molecule has 23 nitrogen and oxygen atoms in total. The summed E-state index contributed by atoms with van der Waals surface area (Å²) in [5.74, 6) is -5.54. The first-order valence-electron chi connectivity index (χ1n) is 28.3. The highest BCUT2D eigenvalue weighted by molar-refractivity contribution is 5.98. The van der Waals surface area contributed by atoms with Gasteiger partial charge in [-0.15, -0.1) is 0 Å². The molecular formula is C61H75N15O8. The maximum atomic E-state index is 14.5. The molecule has 3 aromatic heterocycles. The predicted octanol–water partition coefficient (Wildman–Crippen LogP) is 1.65. The van der Waals surface area contributed by atoms with Crippen molar-refractivity contribution in [1.29, 1.82) is 0 Å². The van der Waals surface area contributed by atoms with Gasteiger partial charge in [0.25, 0.3) is 0 Å². The standard InChI is InChI=1S/C61H75N15O8/c1-35(2)53(60(83)71-36(3)55(78)74-52(28-44-31-65-34-69-44)61(84)76-22-12-17-45(76)32-67-49(54(63)77)25-38-13-6-5-7-14-38)75-56(79)37(4)70-58(81)50(26-42-29-66-48-19-11-10-18-46(42)48)73-59(82)51(27-43-30-64-33-68-43)72-57(80)47(62)24-39-20-21-40-15-8-9-16-41(40)23-39/h5-11,13-16,18-21,23,29-31,33-37,45,47,49-53,66-67H,12,17,22,24-28,32,62H2,1-4H3,(H2,63,77)(H,64,68)(H,65,69)(H,70,81)(H,71,83)(H,72,80)(H,73,82)(H,74,78)(H,75,79)/t36-,37+,45-,47+,49+,50+,51+,52+,53+/m1/s1. The van der Waals surface area contributed by atoms with Gasteiger partial charge in [-0.2, -0.15) is 0 Å². The molecule has 7 aromatic rings. The quantitative estimate of drug-likeness (QED) is 0.0333. The average Bonchev–Trinajstić information content (AvgIpc) is 3.75. The van der Waals surface area contributed by atoms with Crippen LogP contribution in [0.25, 0.3) is 21.7 Å². The van der Waals surface area contributed by atoms with Crippen LogP contribution in [-0.4, -0.2) is 145 Å². The van der Waals surface area contributed by atoms with E-state index in [4.69, 9.17) is 11.5 Å². The summed E-state index contributed by atoms with van der Waals surface area (Å²) in [6.45, 7) is 6.99. The number of fused-ring (bicyclic) bond motifs is 2. The summed E-state index contributed by atoms with van der Waals surface area (Å²) in [4.78, 5) is 131.